The van der Waals surface area contributed by atoms with Gasteiger partial charge < -0.3 is 9.88 Å². The largest absolute Gasteiger partial charge is 0.336 e. The summed E-state index contributed by atoms with van der Waals surface area (Å²) in [6.45, 7) is 1.55. The zero-order valence-electron chi connectivity index (χ0n) is 11.1. The van der Waals surface area contributed by atoms with Gasteiger partial charge in [-0.25, -0.2) is 0 Å². The van der Waals surface area contributed by atoms with Crippen LogP contribution in [0.3, 0.4) is 0 Å². The fourth-order valence-corrected chi connectivity index (χ4v) is 3.24. The summed E-state index contributed by atoms with van der Waals surface area (Å²) in [5.74, 6) is -0.0568. The van der Waals surface area contributed by atoms with Crippen LogP contribution in [0.2, 0.25) is 0 Å². The Morgan fingerprint density at radius 3 is 2.84 bits per heavy atom. The van der Waals surface area contributed by atoms with Crippen molar-refractivity contribution in [2.45, 2.75) is 31.3 Å². The molecule has 1 aromatic rings. The van der Waals surface area contributed by atoms with Gasteiger partial charge in [0.15, 0.2) is 0 Å². The Bertz CT molecular complexity index is 539. The smallest absolute Gasteiger partial charge is 0.270 e. The van der Waals surface area contributed by atoms with Crippen molar-refractivity contribution in [2.75, 3.05) is 20.1 Å². The number of likely N-dealkylation sites (N-methyl/N-ethyl adjacent to an activating group) is 1. The van der Waals surface area contributed by atoms with Gasteiger partial charge in [0.25, 0.3) is 5.91 Å². The molecule has 0 aliphatic carbocycles. The molecular formula is C14H19N3O2. The molecule has 2 fully saturated rings. The predicted octanol–water partition coefficient (Wildman–Crippen LogP) is 0.684. The number of hydrogen-bond acceptors (Lipinski definition) is 3. The number of rotatable bonds is 1. The lowest BCUT2D eigenvalue weighted by molar-refractivity contribution is 0.0734. The summed E-state index contributed by atoms with van der Waals surface area (Å²) in [6.07, 6.45) is 3.43. The van der Waals surface area contributed by atoms with Gasteiger partial charge in [-0.2, -0.15) is 0 Å². The van der Waals surface area contributed by atoms with Gasteiger partial charge in [0, 0.05) is 31.2 Å². The minimum absolute atomic E-state index is 0.0568. The van der Waals surface area contributed by atoms with Gasteiger partial charge in [-0.05, 0) is 32.4 Å². The number of pyridine rings is 1. The number of carbonyl (C=O) groups excluding carboxylic acids is 1. The van der Waals surface area contributed by atoms with Crippen molar-refractivity contribution >= 4 is 5.91 Å². The quantitative estimate of drug-likeness (QED) is 0.809. The highest BCUT2D eigenvalue weighted by Gasteiger charge is 2.36. The van der Waals surface area contributed by atoms with Crippen LogP contribution >= 0.6 is 0 Å². The van der Waals surface area contributed by atoms with Crippen molar-refractivity contribution in [3.63, 3.8) is 0 Å². The summed E-state index contributed by atoms with van der Waals surface area (Å²) in [5.41, 5.74) is 0.173. The second-order valence-electron chi connectivity index (χ2n) is 5.52. The number of aromatic amines is 1. The second kappa shape index (κ2) is 4.81. The summed E-state index contributed by atoms with van der Waals surface area (Å²) in [7, 11) is 2.15. The fourth-order valence-electron chi connectivity index (χ4n) is 3.24. The van der Waals surface area contributed by atoms with Crippen LogP contribution in [0.15, 0.2) is 23.0 Å². The predicted molar refractivity (Wildman–Crippen MR) is 72.2 cm³/mol. The first-order valence-electron chi connectivity index (χ1n) is 6.85. The van der Waals surface area contributed by atoms with Crippen molar-refractivity contribution in [3.05, 3.63) is 34.2 Å². The van der Waals surface area contributed by atoms with Crippen molar-refractivity contribution in [1.29, 1.82) is 0 Å². The van der Waals surface area contributed by atoms with Gasteiger partial charge in [-0.15, -0.1) is 0 Å². The van der Waals surface area contributed by atoms with Gasteiger partial charge in [0.1, 0.15) is 5.69 Å². The maximum atomic E-state index is 12.4. The molecule has 19 heavy (non-hydrogen) atoms. The molecule has 0 aromatic carbocycles. The second-order valence-corrected chi connectivity index (χ2v) is 5.52. The molecule has 2 saturated heterocycles. The van der Waals surface area contributed by atoms with Crippen molar-refractivity contribution in [1.82, 2.24) is 14.8 Å². The molecular weight excluding hydrogens is 242 g/mol. The van der Waals surface area contributed by atoms with E-state index in [0.717, 1.165) is 25.9 Å². The Morgan fingerprint density at radius 1 is 1.26 bits per heavy atom. The van der Waals surface area contributed by atoms with Crippen molar-refractivity contribution in [2.24, 2.45) is 0 Å². The van der Waals surface area contributed by atoms with Crippen LogP contribution in [0.1, 0.15) is 29.8 Å². The maximum Gasteiger partial charge on any atom is 0.270 e. The first kappa shape index (κ1) is 12.4. The van der Waals surface area contributed by atoms with Crippen molar-refractivity contribution in [3.8, 4) is 0 Å². The number of hydrogen-bond donors (Lipinski definition) is 1. The van der Waals surface area contributed by atoms with Crippen LogP contribution < -0.4 is 5.56 Å². The topological polar surface area (TPSA) is 56.4 Å². The number of fused-ring (bicyclic) bond motifs is 2. The molecule has 2 bridgehead atoms. The molecule has 0 radical (unpaired) electrons. The Hall–Kier alpha value is -1.62. The highest BCUT2D eigenvalue weighted by Crippen LogP contribution is 2.28. The van der Waals surface area contributed by atoms with Crippen molar-refractivity contribution < 1.29 is 4.79 Å². The first-order chi connectivity index (χ1) is 9.15. The van der Waals surface area contributed by atoms with E-state index in [2.05, 4.69) is 16.9 Å². The molecule has 2 aliphatic rings. The Labute approximate surface area is 112 Å². The van der Waals surface area contributed by atoms with Gasteiger partial charge in [-0.3, -0.25) is 14.5 Å². The lowest BCUT2D eigenvalue weighted by Gasteiger charge is -2.25. The molecule has 5 nitrogen and oxygen atoms in total. The van der Waals surface area contributed by atoms with E-state index < -0.39 is 0 Å². The molecule has 1 aromatic heterocycles. The van der Waals surface area contributed by atoms with E-state index in [0.29, 0.717) is 17.8 Å². The van der Waals surface area contributed by atoms with Crippen LogP contribution in [-0.2, 0) is 0 Å². The highest BCUT2D eigenvalue weighted by molar-refractivity contribution is 5.92. The Morgan fingerprint density at radius 2 is 2.05 bits per heavy atom. The van der Waals surface area contributed by atoms with Crippen LogP contribution in [0.5, 0.6) is 0 Å². The van der Waals surface area contributed by atoms with E-state index in [1.807, 2.05) is 4.90 Å². The van der Waals surface area contributed by atoms with Gasteiger partial charge in [-0.1, -0.05) is 6.07 Å². The lowest BCUT2D eigenvalue weighted by Crippen LogP contribution is -2.40. The molecule has 3 heterocycles. The SMILES string of the molecule is CN1C2CCC1CN(C(=O)c1cccc(=O)[nH]1)CC2. The summed E-state index contributed by atoms with van der Waals surface area (Å²) in [5, 5.41) is 0. The van der Waals surface area contributed by atoms with E-state index in [4.69, 9.17) is 0 Å². The van der Waals surface area contributed by atoms with Gasteiger partial charge in [0.05, 0.1) is 0 Å². The van der Waals surface area contributed by atoms with E-state index >= 15 is 0 Å². The molecule has 0 spiro atoms. The highest BCUT2D eigenvalue weighted by atomic mass is 16.2. The molecule has 2 unspecified atom stereocenters. The fraction of sp³-hybridized carbons (Fsp3) is 0.571. The summed E-state index contributed by atoms with van der Waals surface area (Å²) in [6, 6.07) is 5.80. The lowest BCUT2D eigenvalue weighted by atomic mass is 10.1. The summed E-state index contributed by atoms with van der Waals surface area (Å²) >= 11 is 0. The monoisotopic (exact) mass is 261 g/mol. The minimum Gasteiger partial charge on any atom is -0.336 e. The van der Waals surface area contributed by atoms with E-state index in [9.17, 15) is 9.59 Å². The molecule has 0 saturated carbocycles. The zero-order chi connectivity index (χ0) is 13.4. The summed E-state index contributed by atoms with van der Waals surface area (Å²) < 4.78 is 0. The number of likely N-dealkylation sites (tertiary alicyclic amines) is 1. The van der Waals surface area contributed by atoms with Crippen LogP contribution in [0.25, 0.3) is 0 Å². The minimum atomic E-state index is -0.223. The third-order valence-electron chi connectivity index (χ3n) is 4.43. The average Bonchev–Trinajstić information content (AvgIpc) is 2.62. The molecule has 5 heteroatoms. The number of H-pyrrole nitrogens is 1. The average molecular weight is 261 g/mol. The Kier molecular flexibility index (Phi) is 3.14. The summed E-state index contributed by atoms with van der Waals surface area (Å²) in [4.78, 5) is 30.6. The maximum absolute atomic E-state index is 12.4. The number of aromatic nitrogens is 1. The van der Waals surface area contributed by atoms with E-state index in [-0.39, 0.29) is 11.5 Å². The zero-order valence-corrected chi connectivity index (χ0v) is 11.1. The molecule has 2 aliphatic heterocycles. The number of carbonyl (C=O) groups is 1. The molecule has 102 valence electrons. The first-order valence-corrected chi connectivity index (χ1v) is 6.85. The van der Waals surface area contributed by atoms with Crippen LogP contribution in [-0.4, -0.2) is 52.9 Å². The Balaban J connectivity index is 1.79. The standard InChI is InChI=1S/C14H19N3O2/c1-16-10-5-6-11(16)9-17(8-7-10)14(19)12-3-2-4-13(18)15-12/h2-4,10-11H,5-9H2,1H3,(H,15,18). The molecule has 3 rings (SSSR count). The van der Waals surface area contributed by atoms with E-state index in [1.54, 1.807) is 12.1 Å². The molecule has 1 N–H and O–H groups in total. The van der Waals surface area contributed by atoms with Crippen LogP contribution in [0.4, 0.5) is 0 Å². The number of nitrogens with one attached hydrogen (secondary N) is 1. The third kappa shape index (κ3) is 2.30. The van der Waals surface area contributed by atoms with Crippen LogP contribution in [0, 0.1) is 0 Å². The van der Waals surface area contributed by atoms with Gasteiger partial charge in [0.2, 0.25) is 5.56 Å². The normalized spacial score (nSPS) is 27.3. The van der Waals surface area contributed by atoms with Gasteiger partial charge >= 0.3 is 0 Å². The number of nitrogens with zero attached hydrogens (tertiary/aromatic N) is 2. The molecule has 2 atom stereocenters. The number of amides is 1. The van der Waals surface area contributed by atoms with E-state index in [1.165, 1.54) is 12.5 Å². The molecule has 1 amide bonds. The third-order valence-corrected chi connectivity index (χ3v) is 4.43.